The third-order valence-electron chi connectivity index (χ3n) is 3.63. The lowest BCUT2D eigenvalue weighted by Crippen LogP contribution is -2.13. The first-order valence-electron chi connectivity index (χ1n) is 6.30. The SMILES string of the molecule is COc1cc(F)c(Br)cc1C(Br)C1CCCCC1. The highest BCUT2D eigenvalue weighted by Gasteiger charge is 2.26. The molecule has 1 nitrogen and oxygen atoms in total. The number of halogens is 3. The van der Waals surface area contributed by atoms with Crippen LogP contribution in [-0.2, 0) is 0 Å². The van der Waals surface area contributed by atoms with Crippen LogP contribution in [0.3, 0.4) is 0 Å². The summed E-state index contributed by atoms with van der Waals surface area (Å²) in [6.07, 6.45) is 6.37. The summed E-state index contributed by atoms with van der Waals surface area (Å²) in [5, 5.41) is 0. The maximum atomic E-state index is 13.5. The number of alkyl halides is 1. The fourth-order valence-corrected chi connectivity index (χ4v) is 3.86. The molecule has 1 atom stereocenters. The van der Waals surface area contributed by atoms with E-state index in [-0.39, 0.29) is 10.6 Å². The topological polar surface area (TPSA) is 9.23 Å². The minimum atomic E-state index is -0.279. The maximum absolute atomic E-state index is 13.5. The zero-order chi connectivity index (χ0) is 13.1. The largest absolute Gasteiger partial charge is 0.496 e. The van der Waals surface area contributed by atoms with Crippen molar-refractivity contribution in [2.75, 3.05) is 7.11 Å². The molecule has 0 aliphatic heterocycles. The molecule has 0 bridgehead atoms. The molecule has 0 amide bonds. The summed E-state index contributed by atoms with van der Waals surface area (Å²) in [6.45, 7) is 0. The van der Waals surface area contributed by atoms with Gasteiger partial charge >= 0.3 is 0 Å². The Labute approximate surface area is 124 Å². The van der Waals surface area contributed by atoms with Gasteiger partial charge in [0.25, 0.3) is 0 Å². The van der Waals surface area contributed by atoms with Gasteiger partial charge in [-0.3, -0.25) is 0 Å². The van der Waals surface area contributed by atoms with Gasteiger partial charge in [0.2, 0.25) is 0 Å². The lowest BCUT2D eigenvalue weighted by Gasteiger charge is -2.27. The van der Waals surface area contributed by atoms with Crippen LogP contribution in [-0.4, -0.2) is 7.11 Å². The van der Waals surface area contributed by atoms with Crippen molar-refractivity contribution in [3.05, 3.63) is 28.0 Å². The fraction of sp³-hybridized carbons (Fsp3) is 0.571. The molecule has 100 valence electrons. The number of hydrogen-bond acceptors (Lipinski definition) is 1. The molecule has 18 heavy (non-hydrogen) atoms. The zero-order valence-electron chi connectivity index (χ0n) is 10.4. The van der Waals surface area contributed by atoms with Crippen LogP contribution < -0.4 is 4.74 Å². The van der Waals surface area contributed by atoms with E-state index in [1.807, 2.05) is 6.07 Å². The van der Waals surface area contributed by atoms with Crippen molar-refractivity contribution in [3.63, 3.8) is 0 Å². The van der Waals surface area contributed by atoms with Crippen LogP contribution in [0.25, 0.3) is 0 Å². The minimum Gasteiger partial charge on any atom is -0.496 e. The molecule has 2 rings (SSSR count). The van der Waals surface area contributed by atoms with Gasteiger partial charge in [0.05, 0.1) is 11.6 Å². The third-order valence-corrected chi connectivity index (χ3v) is 5.48. The molecule has 0 saturated heterocycles. The van der Waals surface area contributed by atoms with Crippen molar-refractivity contribution >= 4 is 31.9 Å². The summed E-state index contributed by atoms with van der Waals surface area (Å²) in [6, 6.07) is 3.29. The Balaban J connectivity index is 2.27. The first-order valence-corrected chi connectivity index (χ1v) is 8.01. The average Bonchev–Trinajstić information content (AvgIpc) is 2.41. The number of benzene rings is 1. The van der Waals surface area contributed by atoms with Gasteiger partial charge in [-0.2, -0.15) is 0 Å². The number of hydrogen-bond donors (Lipinski definition) is 0. The van der Waals surface area contributed by atoms with Gasteiger partial charge in [-0.15, -0.1) is 0 Å². The predicted molar refractivity (Wildman–Crippen MR) is 78.9 cm³/mol. The van der Waals surface area contributed by atoms with E-state index in [0.717, 1.165) is 5.56 Å². The van der Waals surface area contributed by atoms with Crippen molar-refractivity contribution in [1.82, 2.24) is 0 Å². The van der Waals surface area contributed by atoms with Crippen molar-refractivity contribution in [2.24, 2.45) is 5.92 Å². The van der Waals surface area contributed by atoms with E-state index in [9.17, 15) is 4.39 Å². The number of methoxy groups -OCH3 is 1. The van der Waals surface area contributed by atoms with Gasteiger partial charge in [0.1, 0.15) is 11.6 Å². The molecule has 0 spiro atoms. The van der Waals surface area contributed by atoms with Crippen molar-refractivity contribution in [1.29, 1.82) is 0 Å². The summed E-state index contributed by atoms with van der Waals surface area (Å²) < 4.78 is 19.3. The Morgan fingerprint density at radius 1 is 1.28 bits per heavy atom. The van der Waals surface area contributed by atoms with Crippen LogP contribution >= 0.6 is 31.9 Å². The Hall–Kier alpha value is -0.0900. The van der Waals surface area contributed by atoms with E-state index < -0.39 is 0 Å². The second kappa shape index (κ2) is 6.38. The molecule has 1 aliphatic rings. The second-order valence-corrected chi connectivity index (χ2v) is 6.65. The fourth-order valence-electron chi connectivity index (χ4n) is 2.62. The summed E-state index contributed by atoms with van der Waals surface area (Å²) >= 11 is 7.02. The smallest absolute Gasteiger partial charge is 0.141 e. The zero-order valence-corrected chi connectivity index (χ0v) is 13.6. The molecule has 1 aromatic carbocycles. The molecule has 1 fully saturated rings. The Morgan fingerprint density at radius 3 is 2.56 bits per heavy atom. The molecule has 1 saturated carbocycles. The van der Waals surface area contributed by atoms with Gasteiger partial charge in [0.15, 0.2) is 0 Å². The summed E-state index contributed by atoms with van der Waals surface area (Å²) in [5.74, 6) is 0.965. The predicted octanol–water partition coefficient (Wildman–Crippen LogP) is 5.61. The Morgan fingerprint density at radius 2 is 1.94 bits per heavy atom. The summed E-state index contributed by atoms with van der Waals surface area (Å²) in [5.41, 5.74) is 1.04. The van der Waals surface area contributed by atoms with E-state index in [2.05, 4.69) is 31.9 Å². The third kappa shape index (κ3) is 3.08. The van der Waals surface area contributed by atoms with Gasteiger partial charge in [-0.1, -0.05) is 35.2 Å². The Bertz CT molecular complexity index is 417. The maximum Gasteiger partial charge on any atom is 0.141 e. The van der Waals surface area contributed by atoms with E-state index in [1.54, 1.807) is 7.11 Å². The molecule has 0 aromatic heterocycles. The van der Waals surface area contributed by atoms with Gasteiger partial charge in [-0.05, 0) is 40.8 Å². The number of rotatable bonds is 3. The molecule has 0 N–H and O–H groups in total. The van der Waals surface area contributed by atoms with Crippen molar-refractivity contribution in [2.45, 2.75) is 36.9 Å². The van der Waals surface area contributed by atoms with E-state index in [1.165, 1.54) is 38.2 Å². The highest BCUT2D eigenvalue weighted by molar-refractivity contribution is 9.10. The molecule has 4 heteroatoms. The van der Waals surface area contributed by atoms with Crippen LogP contribution in [0.15, 0.2) is 16.6 Å². The van der Waals surface area contributed by atoms with Crippen LogP contribution in [0.2, 0.25) is 0 Å². The molecule has 0 radical (unpaired) electrons. The molecule has 1 aromatic rings. The van der Waals surface area contributed by atoms with Crippen LogP contribution in [0.1, 0.15) is 42.5 Å². The van der Waals surface area contributed by atoms with Gasteiger partial charge in [-0.25, -0.2) is 4.39 Å². The van der Waals surface area contributed by atoms with Gasteiger partial charge in [0, 0.05) is 16.5 Å². The van der Waals surface area contributed by atoms with Crippen molar-refractivity contribution < 1.29 is 9.13 Å². The molecule has 1 aliphatic carbocycles. The lowest BCUT2D eigenvalue weighted by atomic mass is 9.84. The van der Waals surface area contributed by atoms with Crippen LogP contribution in [0, 0.1) is 11.7 Å². The monoisotopic (exact) mass is 378 g/mol. The molecular weight excluding hydrogens is 363 g/mol. The first-order chi connectivity index (χ1) is 8.63. The van der Waals surface area contributed by atoms with E-state index >= 15 is 0 Å². The molecular formula is C14H17Br2FO. The van der Waals surface area contributed by atoms with E-state index in [4.69, 9.17) is 4.74 Å². The minimum absolute atomic E-state index is 0.240. The average molecular weight is 380 g/mol. The Kier molecular flexibility index (Phi) is 5.07. The standard InChI is InChI=1S/C14H17Br2FO/c1-18-13-8-12(17)11(15)7-10(13)14(16)9-5-3-2-4-6-9/h7-9,14H,2-6H2,1H3. The van der Waals surface area contributed by atoms with Crippen LogP contribution in [0.4, 0.5) is 4.39 Å². The summed E-state index contributed by atoms with van der Waals surface area (Å²) in [7, 11) is 1.59. The second-order valence-electron chi connectivity index (χ2n) is 4.81. The normalized spacial score (nSPS) is 18.7. The van der Waals surface area contributed by atoms with Crippen LogP contribution in [0.5, 0.6) is 5.75 Å². The van der Waals surface area contributed by atoms with Gasteiger partial charge < -0.3 is 4.74 Å². The quantitative estimate of drug-likeness (QED) is 0.620. The highest BCUT2D eigenvalue weighted by atomic mass is 79.9. The van der Waals surface area contributed by atoms with Crippen molar-refractivity contribution in [3.8, 4) is 5.75 Å². The van der Waals surface area contributed by atoms with E-state index in [0.29, 0.717) is 16.1 Å². The molecule has 1 unspecified atom stereocenters. The first kappa shape index (κ1) is 14.3. The number of ether oxygens (including phenoxy) is 1. The lowest BCUT2D eigenvalue weighted by molar-refractivity contribution is 0.345. The molecule has 0 heterocycles. The highest BCUT2D eigenvalue weighted by Crippen LogP contribution is 2.44. The summed E-state index contributed by atoms with van der Waals surface area (Å²) in [4.78, 5) is 0.240.